The summed E-state index contributed by atoms with van der Waals surface area (Å²) in [5.74, 6) is 1.80. The lowest BCUT2D eigenvalue weighted by Gasteiger charge is -2.36. The summed E-state index contributed by atoms with van der Waals surface area (Å²) in [5.41, 5.74) is 1.02. The van der Waals surface area contributed by atoms with Gasteiger partial charge in [-0.25, -0.2) is 4.98 Å². The summed E-state index contributed by atoms with van der Waals surface area (Å²) < 4.78 is 0. The largest absolute Gasteiger partial charge is 0.357 e. The lowest BCUT2D eigenvalue weighted by molar-refractivity contribution is 0.448. The molecule has 1 N–H and O–H groups in total. The number of nitrogens with one attached hydrogen (secondary N) is 1. The van der Waals surface area contributed by atoms with E-state index >= 15 is 0 Å². The molecule has 4 nitrogen and oxygen atoms in total. The van der Waals surface area contributed by atoms with E-state index < -0.39 is 0 Å². The van der Waals surface area contributed by atoms with Gasteiger partial charge in [-0.2, -0.15) is 4.98 Å². The quantitative estimate of drug-likeness (QED) is 0.927. The van der Waals surface area contributed by atoms with Gasteiger partial charge in [0.15, 0.2) is 0 Å². The van der Waals surface area contributed by atoms with Crippen LogP contribution in [0.5, 0.6) is 0 Å². The van der Waals surface area contributed by atoms with Crippen LogP contribution in [0.15, 0.2) is 24.3 Å². The highest BCUT2D eigenvalue weighted by atomic mass is 15.2. The van der Waals surface area contributed by atoms with E-state index in [4.69, 9.17) is 4.98 Å². The second kappa shape index (κ2) is 5.65. The second-order valence-electron chi connectivity index (χ2n) is 5.39. The fourth-order valence-corrected chi connectivity index (χ4v) is 3.09. The minimum atomic E-state index is 0.603. The van der Waals surface area contributed by atoms with Gasteiger partial charge in [0.05, 0.1) is 5.52 Å². The van der Waals surface area contributed by atoms with Gasteiger partial charge in [0.2, 0.25) is 5.95 Å². The number of nitrogens with zero attached hydrogens (tertiary/aromatic N) is 3. The van der Waals surface area contributed by atoms with Gasteiger partial charge in [0, 0.05) is 25.0 Å². The number of hydrogen-bond donors (Lipinski definition) is 1. The molecular weight excluding hydrogens is 248 g/mol. The molecule has 1 aromatic heterocycles. The van der Waals surface area contributed by atoms with Gasteiger partial charge >= 0.3 is 0 Å². The molecule has 2 heterocycles. The highest BCUT2D eigenvalue weighted by molar-refractivity contribution is 5.90. The zero-order chi connectivity index (χ0) is 13.9. The van der Waals surface area contributed by atoms with Gasteiger partial charge in [-0.1, -0.05) is 19.1 Å². The van der Waals surface area contributed by atoms with Crippen molar-refractivity contribution in [3.8, 4) is 0 Å². The number of fused-ring (bicyclic) bond motifs is 1. The fraction of sp³-hybridized carbons (Fsp3) is 0.500. The maximum Gasteiger partial charge on any atom is 0.224 e. The molecule has 3 rings (SSSR count). The summed E-state index contributed by atoms with van der Waals surface area (Å²) in [6.45, 7) is 3.37. The van der Waals surface area contributed by atoms with Crippen LogP contribution in [0, 0.1) is 0 Å². The Balaban J connectivity index is 2.13. The summed E-state index contributed by atoms with van der Waals surface area (Å²) in [6, 6.07) is 8.90. The first kappa shape index (κ1) is 13.2. The molecular formula is C16H22N4. The molecule has 0 amide bonds. The Kier molecular flexibility index (Phi) is 3.72. The Morgan fingerprint density at radius 2 is 2.10 bits per heavy atom. The molecule has 20 heavy (non-hydrogen) atoms. The number of benzene rings is 1. The number of hydrogen-bond acceptors (Lipinski definition) is 4. The lowest BCUT2D eigenvalue weighted by Crippen LogP contribution is -2.39. The molecule has 106 valence electrons. The number of para-hydroxylation sites is 1. The van der Waals surface area contributed by atoms with E-state index in [0.717, 1.165) is 23.3 Å². The third-order valence-electron chi connectivity index (χ3n) is 4.18. The van der Waals surface area contributed by atoms with E-state index in [9.17, 15) is 0 Å². The van der Waals surface area contributed by atoms with Crippen LogP contribution in [-0.2, 0) is 0 Å². The minimum absolute atomic E-state index is 0.603. The first-order valence-corrected chi connectivity index (χ1v) is 7.54. The smallest absolute Gasteiger partial charge is 0.224 e. The number of anilines is 2. The summed E-state index contributed by atoms with van der Waals surface area (Å²) in [6.07, 6.45) is 5.03. The van der Waals surface area contributed by atoms with Crippen molar-refractivity contribution in [2.24, 2.45) is 0 Å². The van der Waals surface area contributed by atoms with Crippen molar-refractivity contribution in [2.75, 3.05) is 23.8 Å². The molecule has 1 saturated heterocycles. The molecule has 1 aromatic carbocycles. The standard InChI is InChI=1S/C16H22N4/c1-3-12-8-6-7-11-20(12)15-13-9-4-5-10-14(13)18-16(17-2)19-15/h4-5,9-10,12H,3,6-8,11H2,1-2H3,(H,17,18,19). The van der Waals surface area contributed by atoms with Crippen LogP contribution in [0.25, 0.3) is 10.9 Å². The highest BCUT2D eigenvalue weighted by Gasteiger charge is 2.24. The first-order valence-electron chi connectivity index (χ1n) is 7.54. The van der Waals surface area contributed by atoms with Gasteiger partial charge in [0.25, 0.3) is 0 Å². The SMILES string of the molecule is CCC1CCCCN1c1nc(NC)nc2ccccc12. The van der Waals surface area contributed by atoms with Crippen molar-refractivity contribution in [1.29, 1.82) is 0 Å². The Morgan fingerprint density at radius 1 is 1.25 bits per heavy atom. The van der Waals surface area contributed by atoms with Crippen LogP contribution in [0.4, 0.5) is 11.8 Å². The average molecular weight is 270 g/mol. The first-order chi connectivity index (χ1) is 9.83. The summed E-state index contributed by atoms with van der Waals surface area (Å²) >= 11 is 0. The number of rotatable bonds is 3. The van der Waals surface area contributed by atoms with Crippen molar-refractivity contribution < 1.29 is 0 Å². The normalized spacial score (nSPS) is 19.3. The molecule has 0 spiro atoms. The van der Waals surface area contributed by atoms with Crippen LogP contribution < -0.4 is 10.2 Å². The van der Waals surface area contributed by atoms with Crippen molar-refractivity contribution in [1.82, 2.24) is 9.97 Å². The van der Waals surface area contributed by atoms with Gasteiger partial charge in [-0.15, -0.1) is 0 Å². The Labute approximate surface area is 120 Å². The van der Waals surface area contributed by atoms with Gasteiger partial charge in [-0.05, 0) is 37.8 Å². The summed E-state index contributed by atoms with van der Waals surface area (Å²) in [4.78, 5) is 11.8. The van der Waals surface area contributed by atoms with E-state index in [0.29, 0.717) is 12.0 Å². The molecule has 1 aliphatic rings. The predicted molar refractivity (Wildman–Crippen MR) is 84.4 cm³/mol. The van der Waals surface area contributed by atoms with E-state index in [2.05, 4.69) is 40.3 Å². The topological polar surface area (TPSA) is 41.1 Å². The van der Waals surface area contributed by atoms with Crippen LogP contribution in [0.3, 0.4) is 0 Å². The molecule has 0 aliphatic carbocycles. The monoisotopic (exact) mass is 270 g/mol. The molecule has 1 fully saturated rings. The average Bonchev–Trinajstić information content (AvgIpc) is 2.53. The second-order valence-corrected chi connectivity index (χ2v) is 5.39. The summed E-state index contributed by atoms with van der Waals surface area (Å²) in [7, 11) is 1.88. The van der Waals surface area contributed by atoms with E-state index in [1.165, 1.54) is 25.7 Å². The molecule has 0 saturated carbocycles. The number of piperidine rings is 1. The van der Waals surface area contributed by atoms with Gasteiger partial charge < -0.3 is 10.2 Å². The predicted octanol–water partition coefficient (Wildman–Crippen LogP) is 3.44. The Morgan fingerprint density at radius 3 is 2.90 bits per heavy atom. The van der Waals surface area contributed by atoms with Crippen LogP contribution >= 0.6 is 0 Å². The molecule has 0 bridgehead atoms. The van der Waals surface area contributed by atoms with Crippen molar-refractivity contribution in [3.63, 3.8) is 0 Å². The molecule has 1 unspecified atom stereocenters. The molecule has 2 aromatic rings. The maximum absolute atomic E-state index is 4.74. The van der Waals surface area contributed by atoms with Crippen molar-refractivity contribution in [2.45, 2.75) is 38.6 Å². The van der Waals surface area contributed by atoms with E-state index in [1.54, 1.807) is 0 Å². The molecule has 4 heteroatoms. The van der Waals surface area contributed by atoms with Crippen molar-refractivity contribution in [3.05, 3.63) is 24.3 Å². The Hall–Kier alpha value is -1.84. The zero-order valence-corrected chi connectivity index (χ0v) is 12.3. The zero-order valence-electron chi connectivity index (χ0n) is 12.3. The van der Waals surface area contributed by atoms with Crippen molar-refractivity contribution >= 4 is 22.7 Å². The third-order valence-corrected chi connectivity index (χ3v) is 4.18. The third kappa shape index (κ3) is 2.30. The Bertz CT molecular complexity index is 596. The van der Waals surface area contributed by atoms with Gasteiger partial charge in [-0.3, -0.25) is 0 Å². The lowest BCUT2D eigenvalue weighted by atomic mass is 9.99. The van der Waals surface area contributed by atoms with Crippen LogP contribution in [0.2, 0.25) is 0 Å². The molecule has 1 atom stereocenters. The molecule has 0 radical (unpaired) electrons. The maximum atomic E-state index is 4.74. The number of aromatic nitrogens is 2. The highest BCUT2D eigenvalue weighted by Crippen LogP contribution is 2.31. The van der Waals surface area contributed by atoms with Gasteiger partial charge in [0.1, 0.15) is 5.82 Å². The molecule has 1 aliphatic heterocycles. The fourth-order valence-electron chi connectivity index (χ4n) is 3.09. The van der Waals surface area contributed by atoms with E-state index in [-0.39, 0.29) is 0 Å². The van der Waals surface area contributed by atoms with Crippen LogP contribution in [-0.4, -0.2) is 29.6 Å². The summed E-state index contributed by atoms with van der Waals surface area (Å²) in [5, 5.41) is 4.24. The van der Waals surface area contributed by atoms with Crippen LogP contribution in [0.1, 0.15) is 32.6 Å². The minimum Gasteiger partial charge on any atom is -0.357 e. The van der Waals surface area contributed by atoms with E-state index in [1.807, 2.05) is 13.1 Å².